The van der Waals surface area contributed by atoms with Crippen LogP contribution in [0.1, 0.15) is 66.6 Å². The molecule has 1 heterocycles. The van der Waals surface area contributed by atoms with Gasteiger partial charge < -0.3 is 19.5 Å². The number of hydrogen-bond acceptors (Lipinski definition) is 8. The average molecular weight is 413 g/mol. The standard InChI is InChI=1S/C19H27NO7S/c1-7-25-17(23)14-11(3)15(18(24)26-8-2)28-16(14)20-12(21)10-27-13(22)9-19(4,5)6/h7-10H2,1-6H3,(H,20,21). The molecule has 1 aromatic rings. The first-order chi connectivity index (χ1) is 13.0. The molecule has 9 heteroatoms. The highest BCUT2D eigenvalue weighted by Gasteiger charge is 2.27. The lowest BCUT2D eigenvalue weighted by atomic mass is 9.93. The summed E-state index contributed by atoms with van der Waals surface area (Å²) < 4.78 is 15.0. The topological polar surface area (TPSA) is 108 Å². The second kappa shape index (κ2) is 10.2. The Hall–Kier alpha value is -2.42. The van der Waals surface area contributed by atoms with Gasteiger partial charge >= 0.3 is 17.9 Å². The molecule has 8 nitrogen and oxygen atoms in total. The number of hydrogen-bond donors (Lipinski definition) is 1. The lowest BCUT2D eigenvalue weighted by Crippen LogP contribution is -2.23. The number of ether oxygens (including phenoxy) is 3. The van der Waals surface area contributed by atoms with E-state index in [1.165, 1.54) is 0 Å². The van der Waals surface area contributed by atoms with E-state index in [0.29, 0.717) is 5.56 Å². The fraction of sp³-hybridized carbons (Fsp3) is 0.579. The van der Waals surface area contributed by atoms with Crippen molar-refractivity contribution in [3.8, 4) is 0 Å². The van der Waals surface area contributed by atoms with Gasteiger partial charge in [-0.1, -0.05) is 20.8 Å². The highest BCUT2D eigenvalue weighted by Crippen LogP contribution is 2.34. The number of amides is 1. The quantitative estimate of drug-likeness (QED) is 0.514. The van der Waals surface area contributed by atoms with Crippen LogP contribution in [-0.2, 0) is 23.8 Å². The Morgan fingerprint density at radius 1 is 0.964 bits per heavy atom. The normalized spacial score (nSPS) is 10.9. The minimum atomic E-state index is -0.660. The molecule has 1 rings (SSSR count). The molecule has 28 heavy (non-hydrogen) atoms. The minimum absolute atomic E-state index is 0.0873. The van der Waals surface area contributed by atoms with Crippen LogP contribution in [0.5, 0.6) is 0 Å². The van der Waals surface area contributed by atoms with E-state index < -0.39 is 30.4 Å². The predicted octanol–water partition coefficient (Wildman–Crippen LogP) is 3.33. The van der Waals surface area contributed by atoms with Gasteiger partial charge in [0.25, 0.3) is 5.91 Å². The summed E-state index contributed by atoms with van der Waals surface area (Å²) in [5.74, 6) is -2.37. The zero-order chi connectivity index (χ0) is 21.5. The van der Waals surface area contributed by atoms with Crippen LogP contribution in [0.15, 0.2) is 0 Å². The molecule has 0 aliphatic carbocycles. The summed E-state index contributed by atoms with van der Waals surface area (Å²) in [5, 5.41) is 2.67. The summed E-state index contributed by atoms with van der Waals surface area (Å²) in [7, 11) is 0. The highest BCUT2D eigenvalue weighted by molar-refractivity contribution is 7.18. The first kappa shape index (κ1) is 23.6. The molecular weight excluding hydrogens is 386 g/mol. The number of carbonyl (C=O) groups is 4. The lowest BCUT2D eigenvalue weighted by molar-refractivity contribution is -0.149. The van der Waals surface area contributed by atoms with Gasteiger partial charge in [0.2, 0.25) is 0 Å². The smallest absolute Gasteiger partial charge is 0.348 e. The van der Waals surface area contributed by atoms with Crippen LogP contribution in [0.4, 0.5) is 5.00 Å². The Labute approximate surface area is 168 Å². The summed E-state index contributed by atoms with van der Waals surface area (Å²) in [6.45, 7) is 10.4. The fourth-order valence-corrected chi connectivity index (χ4v) is 3.34. The second-order valence-corrected chi connectivity index (χ2v) is 8.17. The molecule has 0 saturated carbocycles. The molecule has 0 aromatic carbocycles. The maximum absolute atomic E-state index is 12.3. The van der Waals surface area contributed by atoms with E-state index in [2.05, 4.69) is 5.32 Å². The molecule has 0 atom stereocenters. The Morgan fingerprint density at radius 2 is 1.54 bits per heavy atom. The van der Waals surface area contributed by atoms with Crippen molar-refractivity contribution in [2.75, 3.05) is 25.1 Å². The van der Waals surface area contributed by atoms with Crippen molar-refractivity contribution in [1.29, 1.82) is 0 Å². The third kappa shape index (κ3) is 6.95. The van der Waals surface area contributed by atoms with Gasteiger partial charge in [-0.05, 0) is 31.7 Å². The maximum atomic E-state index is 12.3. The van der Waals surface area contributed by atoms with Crippen molar-refractivity contribution in [2.45, 2.75) is 48.0 Å². The van der Waals surface area contributed by atoms with Gasteiger partial charge in [0.15, 0.2) is 6.61 Å². The van der Waals surface area contributed by atoms with Crippen LogP contribution in [-0.4, -0.2) is 43.6 Å². The Kier molecular flexibility index (Phi) is 8.62. The molecule has 0 aliphatic rings. The van der Waals surface area contributed by atoms with E-state index in [9.17, 15) is 19.2 Å². The SMILES string of the molecule is CCOC(=O)c1sc(NC(=O)COC(=O)CC(C)(C)C)c(C(=O)OCC)c1C. The van der Waals surface area contributed by atoms with Gasteiger partial charge in [-0.15, -0.1) is 11.3 Å². The molecule has 0 spiro atoms. The Balaban J connectivity index is 2.97. The van der Waals surface area contributed by atoms with E-state index in [1.54, 1.807) is 20.8 Å². The van der Waals surface area contributed by atoms with Crippen LogP contribution in [0.2, 0.25) is 0 Å². The summed E-state index contributed by atoms with van der Waals surface area (Å²) >= 11 is 0.913. The van der Waals surface area contributed by atoms with Crippen molar-refractivity contribution >= 4 is 40.2 Å². The maximum Gasteiger partial charge on any atom is 0.348 e. The number of nitrogens with one attached hydrogen (secondary N) is 1. The molecule has 0 fully saturated rings. The molecule has 156 valence electrons. The Bertz CT molecular complexity index is 746. The van der Waals surface area contributed by atoms with Crippen LogP contribution in [0.3, 0.4) is 0 Å². The lowest BCUT2D eigenvalue weighted by Gasteiger charge is -2.16. The van der Waals surface area contributed by atoms with Crippen LogP contribution in [0.25, 0.3) is 0 Å². The molecule has 0 radical (unpaired) electrons. The van der Waals surface area contributed by atoms with E-state index in [0.717, 1.165) is 11.3 Å². The molecule has 0 saturated heterocycles. The molecule has 1 N–H and O–H groups in total. The molecule has 0 unspecified atom stereocenters. The number of rotatable bonds is 8. The van der Waals surface area contributed by atoms with Crippen molar-refractivity contribution in [1.82, 2.24) is 0 Å². The van der Waals surface area contributed by atoms with Gasteiger partial charge in [0.1, 0.15) is 9.88 Å². The molecule has 1 amide bonds. The second-order valence-electron chi connectivity index (χ2n) is 7.15. The first-order valence-corrected chi connectivity index (χ1v) is 9.74. The third-order valence-electron chi connectivity index (χ3n) is 3.38. The number of esters is 3. The van der Waals surface area contributed by atoms with Crippen LogP contribution < -0.4 is 5.32 Å². The largest absolute Gasteiger partial charge is 0.462 e. The van der Waals surface area contributed by atoms with Gasteiger partial charge in [0, 0.05) is 0 Å². The molecule has 1 aromatic heterocycles. The fourth-order valence-electron chi connectivity index (χ4n) is 2.23. The van der Waals surface area contributed by atoms with Gasteiger partial charge in [-0.2, -0.15) is 0 Å². The van der Waals surface area contributed by atoms with Gasteiger partial charge in [-0.25, -0.2) is 9.59 Å². The highest BCUT2D eigenvalue weighted by atomic mass is 32.1. The number of anilines is 1. The third-order valence-corrected chi connectivity index (χ3v) is 4.57. The number of carbonyl (C=O) groups excluding carboxylic acids is 4. The minimum Gasteiger partial charge on any atom is -0.462 e. The van der Waals surface area contributed by atoms with Crippen molar-refractivity contribution < 1.29 is 33.4 Å². The van der Waals surface area contributed by atoms with Crippen molar-refractivity contribution in [2.24, 2.45) is 5.41 Å². The monoisotopic (exact) mass is 413 g/mol. The molecular formula is C19H27NO7S. The van der Waals surface area contributed by atoms with E-state index >= 15 is 0 Å². The van der Waals surface area contributed by atoms with Crippen molar-refractivity contribution in [3.05, 3.63) is 16.0 Å². The number of thiophene rings is 1. The summed E-state index contributed by atoms with van der Waals surface area (Å²) in [6.07, 6.45) is 0.166. The summed E-state index contributed by atoms with van der Waals surface area (Å²) in [4.78, 5) is 48.5. The first-order valence-electron chi connectivity index (χ1n) is 8.93. The van der Waals surface area contributed by atoms with Crippen molar-refractivity contribution in [3.63, 3.8) is 0 Å². The van der Waals surface area contributed by atoms with E-state index in [4.69, 9.17) is 14.2 Å². The molecule has 0 aliphatic heterocycles. The Morgan fingerprint density at radius 3 is 2.07 bits per heavy atom. The van der Waals surface area contributed by atoms with E-state index in [-0.39, 0.29) is 40.5 Å². The average Bonchev–Trinajstić information content (AvgIpc) is 2.88. The predicted molar refractivity (Wildman–Crippen MR) is 105 cm³/mol. The van der Waals surface area contributed by atoms with E-state index in [1.807, 2.05) is 20.8 Å². The van der Waals surface area contributed by atoms with Gasteiger partial charge in [-0.3, -0.25) is 9.59 Å². The van der Waals surface area contributed by atoms with Crippen LogP contribution >= 0.6 is 11.3 Å². The molecule has 0 bridgehead atoms. The summed E-state index contributed by atoms with van der Waals surface area (Å²) in [5.41, 5.74) is 0.190. The van der Waals surface area contributed by atoms with Crippen LogP contribution in [0, 0.1) is 12.3 Å². The zero-order valence-corrected chi connectivity index (χ0v) is 17.9. The summed E-state index contributed by atoms with van der Waals surface area (Å²) in [6, 6.07) is 0. The zero-order valence-electron chi connectivity index (χ0n) is 17.1. The van der Waals surface area contributed by atoms with Gasteiger partial charge in [0.05, 0.1) is 25.2 Å².